The average Bonchev–Trinajstić information content (AvgIpc) is 2.56. The smallest absolute Gasteiger partial charge is 0.329 e. The van der Waals surface area contributed by atoms with Gasteiger partial charge in [-0.2, -0.15) is 13.2 Å². The van der Waals surface area contributed by atoms with Crippen molar-refractivity contribution in [2.24, 2.45) is 5.73 Å². The van der Waals surface area contributed by atoms with Crippen LogP contribution >= 0.6 is 11.6 Å². The fourth-order valence-electron chi connectivity index (χ4n) is 1.67. The minimum atomic E-state index is -4.50. The largest absolute Gasteiger partial charge is 0.449 e. The molecule has 0 amide bonds. The molecule has 0 spiro atoms. The molecule has 0 atom stereocenters. The second kappa shape index (κ2) is 4.19. The Labute approximate surface area is 100.0 Å². The van der Waals surface area contributed by atoms with Crippen LogP contribution in [0.5, 0.6) is 0 Å². The molecule has 92 valence electrons. The summed E-state index contributed by atoms with van der Waals surface area (Å²) in [4.78, 5) is 3.56. The summed E-state index contributed by atoms with van der Waals surface area (Å²) in [6, 6.07) is 4.44. The number of fused-ring (bicyclic) bond motifs is 1. The Bertz CT molecular complexity index is 547. The maximum Gasteiger partial charge on any atom is 0.449 e. The second-order valence-electron chi connectivity index (χ2n) is 3.51. The predicted octanol–water partition coefficient (Wildman–Crippen LogP) is 2.67. The normalized spacial score (nSPS) is 12.3. The molecule has 0 bridgehead atoms. The van der Waals surface area contributed by atoms with Gasteiger partial charge in [0.15, 0.2) is 0 Å². The van der Waals surface area contributed by atoms with Crippen LogP contribution in [0.4, 0.5) is 13.2 Å². The van der Waals surface area contributed by atoms with E-state index in [0.717, 1.165) is 4.57 Å². The molecule has 0 aliphatic heterocycles. The maximum atomic E-state index is 12.8. The lowest BCUT2D eigenvalue weighted by Crippen LogP contribution is -2.18. The van der Waals surface area contributed by atoms with Crippen molar-refractivity contribution in [2.75, 3.05) is 6.54 Å². The summed E-state index contributed by atoms with van der Waals surface area (Å²) in [5.41, 5.74) is 5.91. The molecular weight excluding hydrogens is 255 g/mol. The van der Waals surface area contributed by atoms with Crippen LogP contribution in [0.3, 0.4) is 0 Å². The average molecular weight is 264 g/mol. The number of aromatic nitrogens is 2. The first kappa shape index (κ1) is 12.2. The van der Waals surface area contributed by atoms with Gasteiger partial charge in [0.05, 0.1) is 11.0 Å². The van der Waals surface area contributed by atoms with Crippen LogP contribution < -0.4 is 5.73 Å². The van der Waals surface area contributed by atoms with Crippen LogP contribution in [0.25, 0.3) is 11.0 Å². The quantitative estimate of drug-likeness (QED) is 0.905. The van der Waals surface area contributed by atoms with E-state index in [2.05, 4.69) is 4.98 Å². The summed E-state index contributed by atoms with van der Waals surface area (Å²) < 4.78 is 39.3. The van der Waals surface area contributed by atoms with Gasteiger partial charge in [0, 0.05) is 18.1 Å². The minimum Gasteiger partial charge on any atom is -0.329 e. The molecule has 3 nitrogen and oxygen atoms in total. The van der Waals surface area contributed by atoms with E-state index in [9.17, 15) is 13.2 Å². The van der Waals surface area contributed by atoms with Gasteiger partial charge < -0.3 is 10.3 Å². The molecule has 1 heterocycles. The monoisotopic (exact) mass is 263 g/mol. The van der Waals surface area contributed by atoms with Gasteiger partial charge in [0.25, 0.3) is 0 Å². The van der Waals surface area contributed by atoms with Crippen LogP contribution in [0.15, 0.2) is 18.2 Å². The van der Waals surface area contributed by atoms with Gasteiger partial charge in [-0.15, -0.1) is 0 Å². The number of nitrogens with zero attached hydrogens (tertiary/aromatic N) is 2. The van der Waals surface area contributed by atoms with Crippen molar-refractivity contribution >= 4 is 22.6 Å². The third-order valence-corrected chi connectivity index (χ3v) is 2.55. The van der Waals surface area contributed by atoms with Crippen molar-refractivity contribution in [1.82, 2.24) is 9.55 Å². The highest BCUT2D eigenvalue weighted by Crippen LogP contribution is 2.32. The van der Waals surface area contributed by atoms with Gasteiger partial charge in [0.2, 0.25) is 5.82 Å². The SMILES string of the molecule is NCCn1c(C(F)(F)F)nc2cc(Cl)ccc21. The van der Waals surface area contributed by atoms with Crippen LogP contribution in [0.1, 0.15) is 5.82 Å². The van der Waals surface area contributed by atoms with E-state index in [4.69, 9.17) is 17.3 Å². The number of alkyl halides is 3. The van der Waals surface area contributed by atoms with Crippen LogP contribution in [-0.2, 0) is 12.7 Å². The van der Waals surface area contributed by atoms with E-state index < -0.39 is 12.0 Å². The lowest BCUT2D eigenvalue weighted by atomic mass is 10.3. The summed E-state index contributed by atoms with van der Waals surface area (Å²) in [6.45, 7) is 0.171. The van der Waals surface area contributed by atoms with Crippen LogP contribution in [-0.4, -0.2) is 16.1 Å². The molecule has 1 aromatic heterocycles. The van der Waals surface area contributed by atoms with E-state index in [1.165, 1.54) is 18.2 Å². The second-order valence-corrected chi connectivity index (χ2v) is 3.94. The van der Waals surface area contributed by atoms with Gasteiger partial charge in [0.1, 0.15) is 0 Å². The highest BCUT2D eigenvalue weighted by Gasteiger charge is 2.37. The molecule has 0 unspecified atom stereocenters. The molecule has 0 fully saturated rings. The Morgan fingerprint density at radius 3 is 2.65 bits per heavy atom. The fraction of sp³-hybridized carbons (Fsp3) is 0.300. The number of halogens is 4. The zero-order chi connectivity index (χ0) is 12.6. The van der Waals surface area contributed by atoms with Crippen LogP contribution in [0, 0.1) is 0 Å². The Morgan fingerprint density at radius 1 is 1.35 bits per heavy atom. The van der Waals surface area contributed by atoms with Crippen molar-refractivity contribution in [1.29, 1.82) is 0 Å². The molecule has 2 aromatic rings. The summed E-state index contributed by atoms with van der Waals surface area (Å²) in [7, 11) is 0. The highest BCUT2D eigenvalue weighted by molar-refractivity contribution is 6.31. The number of hydrogen-bond donors (Lipinski definition) is 1. The van der Waals surface area contributed by atoms with Gasteiger partial charge >= 0.3 is 6.18 Å². The van der Waals surface area contributed by atoms with Crippen LogP contribution in [0.2, 0.25) is 5.02 Å². The number of nitrogens with two attached hydrogens (primary N) is 1. The first-order chi connectivity index (χ1) is 7.93. The topological polar surface area (TPSA) is 43.8 Å². The van der Waals surface area contributed by atoms with E-state index in [1.54, 1.807) is 0 Å². The molecular formula is C10H9ClF3N3. The Kier molecular flexibility index (Phi) is 3.01. The number of rotatable bonds is 2. The zero-order valence-corrected chi connectivity index (χ0v) is 9.39. The predicted molar refractivity (Wildman–Crippen MR) is 58.8 cm³/mol. The van der Waals surface area contributed by atoms with Crippen molar-refractivity contribution in [2.45, 2.75) is 12.7 Å². The zero-order valence-electron chi connectivity index (χ0n) is 8.63. The van der Waals surface area contributed by atoms with Gasteiger partial charge in [-0.05, 0) is 18.2 Å². The standard InChI is InChI=1S/C10H9ClF3N3/c11-6-1-2-8-7(5-6)16-9(10(12,13)14)17(8)4-3-15/h1-2,5H,3-4,15H2. The molecule has 2 N–H and O–H groups in total. The van der Waals surface area contributed by atoms with E-state index in [-0.39, 0.29) is 18.6 Å². The number of hydrogen-bond acceptors (Lipinski definition) is 2. The van der Waals surface area contributed by atoms with Gasteiger partial charge in [-0.1, -0.05) is 11.6 Å². The summed E-state index contributed by atoms with van der Waals surface area (Å²) in [6.07, 6.45) is -4.50. The summed E-state index contributed by atoms with van der Waals surface area (Å²) >= 11 is 5.72. The molecule has 0 aliphatic rings. The summed E-state index contributed by atoms with van der Waals surface area (Å²) in [5.74, 6) is -0.944. The van der Waals surface area contributed by atoms with Crippen molar-refractivity contribution < 1.29 is 13.2 Å². The molecule has 0 aliphatic carbocycles. The lowest BCUT2D eigenvalue weighted by molar-refractivity contribution is -0.146. The third-order valence-electron chi connectivity index (χ3n) is 2.32. The number of benzene rings is 1. The molecule has 17 heavy (non-hydrogen) atoms. The first-order valence-corrected chi connectivity index (χ1v) is 5.24. The summed E-state index contributed by atoms with van der Waals surface area (Å²) in [5, 5.41) is 0.351. The fourth-order valence-corrected chi connectivity index (χ4v) is 1.84. The minimum absolute atomic E-state index is 0.0625. The Morgan fingerprint density at radius 2 is 2.06 bits per heavy atom. The molecule has 2 rings (SSSR count). The van der Waals surface area contributed by atoms with E-state index >= 15 is 0 Å². The molecule has 1 aromatic carbocycles. The van der Waals surface area contributed by atoms with Gasteiger partial charge in [-0.25, -0.2) is 4.98 Å². The maximum absolute atomic E-state index is 12.8. The third kappa shape index (κ3) is 2.23. The van der Waals surface area contributed by atoms with Crippen molar-refractivity contribution in [3.8, 4) is 0 Å². The first-order valence-electron chi connectivity index (χ1n) is 4.86. The highest BCUT2D eigenvalue weighted by atomic mass is 35.5. The van der Waals surface area contributed by atoms with E-state index in [0.29, 0.717) is 10.5 Å². The van der Waals surface area contributed by atoms with E-state index in [1.807, 2.05) is 0 Å². The molecule has 0 saturated carbocycles. The Balaban J connectivity index is 2.70. The van der Waals surface area contributed by atoms with Gasteiger partial charge in [-0.3, -0.25) is 0 Å². The molecule has 0 radical (unpaired) electrons. The Hall–Kier alpha value is -1.27. The molecule has 0 saturated heterocycles. The number of imidazole rings is 1. The van der Waals surface area contributed by atoms with Crippen molar-refractivity contribution in [3.63, 3.8) is 0 Å². The van der Waals surface area contributed by atoms with Crippen molar-refractivity contribution in [3.05, 3.63) is 29.0 Å². The lowest BCUT2D eigenvalue weighted by Gasteiger charge is -2.09. The molecule has 7 heteroatoms.